The minimum absolute atomic E-state index is 0.117. The molecule has 2 nitrogen and oxygen atoms in total. The molecule has 88 valence electrons. The zero-order valence-corrected chi connectivity index (χ0v) is 9.91. The minimum Gasteiger partial charge on any atom is -0.493 e. The first-order chi connectivity index (χ1) is 8.90. The first kappa shape index (κ1) is 10.9. The van der Waals surface area contributed by atoms with Crippen molar-refractivity contribution in [2.45, 2.75) is 11.8 Å². The summed E-state index contributed by atoms with van der Waals surface area (Å²) in [4.78, 5) is 0. The molecule has 0 aliphatic carbocycles. The van der Waals surface area contributed by atoms with Crippen molar-refractivity contribution < 1.29 is 4.74 Å². The van der Waals surface area contributed by atoms with Gasteiger partial charge >= 0.3 is 0 Å². The summed E-state index contributed by atoms with van der Waals surface area (Å²) in [7, 11) is 0. The van der Waals surface area contributed by atoms with Gasteiger partial charge in [-0.25, -0.2) is 0 Å². The number of benzene rings is 2. The molecule has 3 rings (SSSR count). The van der Waals surface area contributed by atoms with Crippen LogP contribution in [0, 0.1) is 11.3 Å². The standard InChI is InChI=1S/C16H13NO/c17-10-14-13-8-4-5-9-16(13)18-11-15(14)12-6-2-1-3-7-12/h1-9,14-15H,11H2/t14-,15-/m1/s1. The summed E-state index contributed by atoms with van der Waals surface area (Å²) in [6, 6.07) is 20.4. The van der Waals surface area contributed by atoms with Crippen LogP contribution in [0.4, 0.5) is 0 Å². The normalized spacial score (nSPS) is 21.5. The fraction of sp³-hybridized carbons (Fsp3) is 0.188. The second-order valence-electron chi connectivity index (χ2n) is 4.47. The van der Waals surface area contributed by atoms with Crippen LogP contribution in [0.25, 0.3) is 0 Å². The number of fused-ring (bicyclic) bond motifs is 1. The summed E-state index contributed by atoms with van der Waals surface area (Å²) < 4.78 is 5.77. The zero-order valence-electron chi connectivity index (χ0n) is 9.91. The molecule has 0 fully saturated rings. The van der Waals surface area contributed by atoms with E-state index in [9.17, 15) is 5.26 Å². The molecule has 0 N–H and O–H groups in total. The monoisotopic (exact) mass is 235 g/mol. The van der Waals surface area contributed by atoms with Crippen molar-refractivity contribution in [1.82, 2.24) is 0 Å². The lowest BCUT2D eigenvalue weighted by Crippen LogP contribution is -2.23. The number of nitrogens with zero attached hydrogens (tertiary/aromatic N) is 1. The molecule has 0 radical (unpaired) electrons. The Hall–Kier alpha value is -2.27. The van der Waals surface area contributed by atoms with E-state index in [0.717, 1.165) is 11.3 Å². The number of rotatable bonds is 1. The molecule has 1 heterocycles. The van der Waals surface area contributed by atoms with Crippen LogP contribution in [-0.2, 0) is 0 Å². The maximum Gasteiger partial charge on any atom is 0.123 e. The summed E-state index contributed by atoms with van der Waals surface area (Å²) >= 11 is 0. The van der Waals surface area contributed by atoms with E-state index in [1.54, 1.807) is 0 Å². The highest BCUT2D eigenvalue weighted by atomic mass is 16.5. The van der Waals surface area contributed by atoms with Gasteiger partial charge in [-0.2, -0.15) is 5.26 Å². The molecule has 0 saturated carbocycles. The Morgan fingerprint density at radius 3 is 2.50 bits per heavy atom. The second kappa shape index (κ2) is 4.54. The number of hydrogen-bond donors (Lipinski definition) is 0. The molecule has 1 aliphatic heterocycles. The van der Waals surface area contributed by atoms with E-state index in [1.807, 2.05) is 42.5 Å². The topological polar surface area (TPSA) is 33.0 Å². The molecule has 0 amide bonds. The fourth-order valence-electron chi connectivity index (χ4n) is 2.51. The van der Waals surface area contributed by atoms with Gasteiger partial charge in [0.05, 0.1) is 18.6 Å². The molecular weight excluding hydrogens is 222 g/mol. The van der Waals surface area contributed by atoms with Crippen LogP contribution in [0.15, 0.2) is 54.6 Å². The molecule has 0 aromatic heterocycles. The molecule has 18 heavy (non-hydrogen) atoms. The zero-order chi connectivity index (χ0) is 12.4. The van der Waals surface area contributed by atoms with Crippen molar-refractivity contribution >= 4 is 0 Å². The van der Waals surface area contributed by atoms with Crippen molar-refractivity contribution in [2.75, 3.05) is 6.61 Å². The van der Waals surface area contributed by atoms with Crippen LogP contribution >= 0.6 is 0 Å². The molecule has 2 aromatic carbocycles. The van der Waals surface area contributed by atoms with E-state index in [-0.39, 0.29) is 11.8 Å². The van der Waals surface area contributed by atoms with Crippen LogP contribution in [0.2, 0.25) is 0 Å². The maximum atomic E-state index is 9.46. The van der Waals surface area contributed by atoms with Gasteiger partial charge in [0.2, 0.25) is 0 Å². The van der Waals surface area contributed by atoms with Gasteiger partial charge in [0.25, 0.3) is 0 Å². The Labute approximate surface area is 106 Å². The van der Waals surface area contributed by atoms with Crippen molar-refractivity contribution in [1.29, 1.82) is 5.26 Å². The van der Waals surface area contributed by atoms with Crippen LogP contribution in [0.1, 0.15) is 23.0 Å². The quantitative estimate of drug-likeness (QED) is 0.758. The van der Waals surface area contributed by atoms with Gasteiger partial charge in [-0.1, -0.05) is 48.5 Å². The molecule has 0 bridgehead atoms. The molecule has 2 aromatic rings. The first-order valence-electron chi connectivity index (χ1n) is 6.06. The number of nitriles is 1. The highest BCUT2D eigenvalue weighted by Crippen LogP contribution is 2.41. The summed E-state index contributed by atoms with van der Waals surface area (Å²) in [5.74, 6) is 0.833. The third-order valence-corrected chi connectivity index (χ3v) is 3.44. The van der Waals surface area contributed by atoms with Crippen LogP contribution in [0.3, 0.4) is 0 Å². The van der Waals surface area contributed by atoms with Gasteiger partial charge < -0.3 is 4.74 Å². The van der Waals surface area contributed by atoms with Gasteiger partial charge in [0.15, 0.2) is 0 Å². The van der Waals surface area contributed by atoms with E-state index in [1.165, 1.54) is 5.56 Å². The Bertz CT molecular complexity index is 586. The molecule has 1 aliphatic rings. The number of para-hydroxylation sites is 1. The van der Waals surface area contributed by atoms with Crippen LogP contribution in [-0.4, -0.2) is 6.61 Å². The van der Waals surface area contributed by atoms with Crippen molar-refractivity contribution in [3.63, 3.8) is 0 Å². The number of ether oxygens (including phenoxy) is 1. The van der Waals surface area contributed by atoms with E-state index in [0.29, 0.717) is 6.61 Å². The van der Waals surface area contributed by atoms with Crippen LogP contribution in [0.5, 0.6) is 5.75 Å². The van der Waals surface area contributed by atoms with Gasteiger partial charge in [-0.15, -0.1) is 0 Å². The van der Waals surface area contributed by atoms with Crippen molar-refractivity contribution in [2.24, 2.45) is 0 Å². The third kappa shape index (κ3) is 1.74. The summed E-state index contributed by atoms with van der Waals surface area (Å²) in [6.45, 7) is 0.569. The summed E-state index contributed by atoms with van der Waals surface area (Å²) in [5, 5.41) is 9.46. The van der Waals surface area contributed by atoms with E-state index in [4.69, 9.17) is 4.74 Å². The summed E-state index contributed by atoms with van der Waals surface area (Å²) in [5.41, 5.74) is 2.17. The third-order valence-electron chi connectivity index (χ3n) is 3.44. The Morgan fingerprint density at radius 1 is 1.00 bits per heavy atom. The van der Waals surface area contributed by atoms with E-state index >= 15 is 0 Å². The smallest absolute Gasteiger partial charge is 0.123 e. The van der Waals surface area contributed by atoms with Gasteiger partial charge in [-0.3, -0.25) is 0 Å². The Kier molecular flexibility index (Phi) is 2.74. The molecule has 0 saturated heterocycles. The first-order valence-corrected chi connectivity index (χ1v) is 6.06. The Balaban J connectivity index is 2.03. The highest BCUT2D eigenvalue weighted by Gasteiger charge is 2.31. The molecular formula is C16H13NO. The van der Waals surface area contributed by atoms with Crippen LogP contribution < -0.4 is 4.74 Å². The predicted molar refractivity (Wildman–Crippen MR) is 69.5 cm³/mol. The highest BCUT2D eigenvalue weighted by molar-refractivity contribution is 5.44. The lowest BCUT2D eigenvalue weighted by Gasteiger charge is -2.29. The SMILES string of the molecule is N#C[C@@H]1c2ccccc2OC[C@@H]1c1ccccc1. The van der Waals surface area contributed by atoms with Gasteiger partial charge in [0, 0.05) is 11.5 Å². The van der Waals surface area contributed by atoms with Gasteiger partial charge in [-0.05, 0) is 11.6 Å². The lowest BCUT2D eigenvalue weighted by molar-refractivity contribution is 0.253. The molecule has 2 heteroatoms. The number of hydrogen-bond acceptors (Lipinski definition) is 2. The average molecular weight is 235 g/mol. The van der Waals surface area contributed by atoms with E-state index in [2.05, 4.69) is 18.2 Å². The predicted octanol–water partition coefficient (Wildman–Crippen LogP) is 3.47. The minimum atomic E-state index is -0.127. The molecule has 0 spiro atoms. The summed E-state index contributed by atoms with van der Waals surface area (Å²) in [6.07, 6.45) is 0. The van der Waals surface area contributed by atoms with E-state index < -0.39 is 0 Å². The Morgan fingerprint density at radius 2 is 1.72 bits per heavy atom. The van der Waals surface area contributed by atoms with Crippen molar-refractivity contribution in [3.8, 4) is 11.8 Å². The molecule has 2 atom stereocenters. The lowest BCUT2D eigenvalue weighted by atomic mass is 9.81. The average Bonchev–Trinajstić information content (AvgIpc) is 2.47. The second-order valence-corrected chi connectivity index (χ2v) is 4.47. The fourth-order valence-corrected chi connectivity index (χ4v) is 2.51. The maximum absolute atomic E-state index is 9.46. The largest absolute Gasteiger partial charge is 0.493 e. The molecule has 0 unspecified atom stereocenters. The van der Waals surface area contributed by atoms with Gasteiger partial charge in [0.1, 0.15) is 5.75 Å². The van der Waals surface area contributed by atoms with Crippen molar-refractivity contribution in [3.05, 3.63) is 65.7 Å².